The second kappa shape index (κ2) is 27.9. The maximum absolute atomic E-state index is 6.65. The van der Waals surface area contributed by atoms with Gasteiger partial charge in [-0.15, -0.1) is 22.7 Å². The number of nitrogens with zero attached hydrogens (tertiary/aromatic N) is 4. The molecule has 0 fully saturated rings. The molecule has 0 N–H and O–H groups in total. The number of furan rings is 2. The van der Waals surface area contributed by atoms with Crippen LogP contribution >= 0.6 is 22.7 Å². The third-order valence-corrected chi connectivity index (χ3v) is 28.1. The second-order valence-corrected chi connectivity index (χ2v) is 34.5. The van der Waals surface area contributed by atoms with E-state index in [2.05, 4.69) is 438 Å². The van der Waals surface area contributed by atoms with Crippen LogP contribution in [0.15, 0.2) is 433 Å². The molecule has 0 aliphatic carbocycles. The molecular formula is C116H70N4O2S2. The highest BCUT2D eigenvalue weighted by Crippen LogP contribution is 2.59. The lowest BCUT2D eigenvalue weighted by Crippen LogP contribution is -2.11. The molecule has 8 heteroatoms. The van der Waals surface area contributed by atoms with Gasteiger partial charge in [0.1, 0.15) is 22.3 Å². The Morgan fingerprint density at radius 1 is 0.153 bits per heavy atom. The Labute approximate surface area is 720 Å². The van der Waals surface area contributed by atoms with Gasteiger partial charge < -0.3 is 28.4 Å². The van der Waals surface area contributed by atoms with Gasteiger partial charge in [0.05, 0.1) is 52.9 Å². The largest absolute Gasteiger partial charge is 0.456 e. The minimum atomic E-state index is 0.840. The van der Waals surface area contributed by atoms with Crippen molar-refractivity contribution in [3.63, 3.8) is 0 Å². The Balaban J connectivity index is 0.716. The summed E-state index contributed by atoms with van der Waals surface area (Å²) >= 11 is 3.78. The van der Waals surface area contributed by atoms with Crippen molar-refractivity contribution in [2.75, 3.05) is 19.6 Å². The van der Waals surface area contributed by atoms with Gasteiger partial charge in [-0.1, -0.05) is 285 Å². The fourth-order valence-corrected chi connectivity index (χ4v) is 22.8. The highest BCUT2D eigenvalue weighted by molar-refractivity contribution is 7.28. The second-order valence-electron chi connectivity index (χ2n) is 32.5. The van der Waals surface area contributed by atoms with Gasteiger partial charge in [-0.3, -0.25) is 0 Å². The van der Waals surface area contributed by atoms with Gasteiger partial charge in [-0.2, -0.15) is 0 Å². The van der Waals surface area contributed by atoms with E-state index in [9.17, 15) is 0 Å². The molecule has 124 heavy (non-hydrogen) atoms. The predicted octanol–water partition coefficient (Wildman–Crippen LogP) is 35.0. The first kappa shape index (κ1) is 70.0. The number of hydrogen-bond acceptors (Lipinski definition) is 8. The molecule has 4 aromatic heterocycles. The predicted molar refractivity (Wildman–Crippen MR) is 531 cm³/mol. The molecule has 0 aliphatic rings. The van der Waals surface area contributed by atoms with Crippen molar-refractivity contribution in [1.82, 2.24) is 0 Å². The highest BCUT2D eigenvalue weighted by Gasteiger charge is 2.31. The van der Waals surface area contributed by atoms with Gasteiger partial charge in [-0.05, 0) is 226 Å². The molecule has 26 aromatic rings. The Morgan fingerprint density at radius 2 is 0.427 bits per heavy atom. The zero-order chi connectivity index (χ0) is 81.2. The topological polar surface area (TPSA) is 39.2 Å². The Hall–Kier alpha value is -15.8. The van der Waals surface area contributed by atoms with Crippen LogP contribution in [0.25, 0.3) is 182 Å². The Morgan fingerprint density at radius 3 is 0.839 bits per heavy atom. The summed E-state index contributed by atoms with van der Waals surface area (Å²) < 4.78 is 17.9. The van der Waals surface area contributed by atoms with Gasteiger partial charge in [-0.25, -0.2) is 0 Å². The molecule has 0 saturated carbocycles. The van der Waals surface area contributed by atoms with Crippen LogP contribution in [0, 0.1) is 0 Å². The summed E-state index contributed by atoms with van der Waals surface area (Å²) in [4.78, 5) is 10.1. The van der Waals surface area contributed by atoms with Crippen LogP contribution in [0.5, 0.6) is 0 Å². The van der Waals surface area contributed by atoms with E-state index in [1.54, 1.807) is 0 Å². The number of hydrogen-bond donors (Lipinski definition) is 0. The van der Waals surface area contributed by atoms with E-state index in [1.165, 1.54) is 105 Å². The summed E-state index contributed by atoms with van der Waals surface area (Å²) in [6.45, 7) is 0. The van der Waals surface area contributed by atoms with Gasteiger partial charge in [0.2, 0.25) is 0 Å². The van der Waals surface area contributed by atoms with Crippen molar-refractivity contribution < 1.29 is 8.83 Å². The van der Waals surface area contributed by atoms with E-state index < -0.39 is 0 Å². The van der Waals surface area contributed by atoms with E-state index in [4.69, 9.17) is 8.83 Å². The quantitative estimate of drug-likeness (QED) is 0.107. The minimum absolute atomic E-state index is 0.840. The number of anilines is 12. The standard InChI is InChI=1S/C116H70N4O2S2/c1-4-33-79(34-5-1)117(83-58-60-107-97(69-83)94-48-24-26-50-105(94)121-107)101-65-75-30-12-17-41-87(75)109-110-88-42-18-13-31-76(88)66-102(114(110)123-113(101)109)118(84-59-61-108-98(70-84)95-49-25-27-51-106(95)122-108)82-56-54-71(55-57-82)72-52-53-78-68-104(120(81-37-8-3-9-38-81)100-64-74-29-11-16-40-86(74)91-45-21-23-47-93(91)100)116-112(96(78)62-72)111-89-43-19-14-32-77(89)67-103(115(111)124-116)119(80-35-6-2-7-36-80)99-63-73-28-10-15-39-85(73)90-44-20-22-46-92(90)99/h1-70H. The molecule has 22 aromatic carbocycles. The van der Waals surface area contributed by atoms with Crippen LogP contribution in [0.4, 0.5) is 68.2 Å². The number of benzene rings is 22. The summed E-state index contributed by atoms with van der Waals surface area (Å²) in [5, 5.41) is 28.1. The first-order chi connectivity index (χ1) is 61.5. The number of para-hydroxylation sites is 5. The van der Waals surface area contributed by atoms with Crippen molar-refractivity contribution in [2.24, 2.45) is 0 Å². The molecule has 26 rings (SSSR count). The fourth-order valence-electron chi connectivity index (χ4n) is 20.1. The van der Waals surface area contributed by atoms with E-state index in [0.717, 1.165) is 145 Å². The van der Waals surface area contributed by atoms with Crippen molar-refractivity contribution in [3.05, 3.63) is 425 Å². The first-order valence-electron chi connectivity index (χ1n) is 42.2. The highest BCUT2D eigenvalue weighted by atomic mass is 32.1. The number of fused-ring (bicyclic) bond motifs is 26. The fraction of sp³-hybridized carbons (Fsp3) is 0. The molecule has 0 bridgehead atoms. The molecule has 578 valence electrons. The third kappa shape index (κ3) is 10.9. The van der Waals surface area contributed by atoms with Crippen LogP contribution in [0.2, 0.25) is 0 Å². The Kier molecular flexibility index (Phi) is 15.7. The zero-order valence-corrected chi connectivity index (χ0v) is 68.5. The molecule has 0 aliphatic heterocycles. The Bertz CT molecular complexity index is 8920. The maximum atomic E-state index is 6.65. The lowest BCUT2D eigenvalue weighted by Gasteiger charge is -2.28. The van der Waals surface area contributed by atoms with Gasteiger partial charge in [0.15, 0.2) is 0 Å². The van der Waals surface area contributed by atoms with E-state index in [1.807, 2.05) is 28.7 Å². The average Bonchev–Trinajstić information content (AvgIpc) is 1.53. The lowest BCUT2D eigenvalue weighted by atomic mass is 9.94. The van der Waals surface area contributed by atoms with Crippen molar-refractivity contribution in [1.29, 1.82) is 0 Å². The third-order valence-electron chi connectivity index (χ3n) is 25.6. The SMILES string of the molecule is c1ccc(N(c2ccc3oc4ccccc4c3c2)c2cc3ccccc3c3c2sc2c(N(c4ccc(-c5ccc6cc(N(c7ccccc7)c7cc8ccccc8c8ccccc78)c7sc8c(N(c9ccccc9)c9cc%10ccccc%10c%10ccccc9%10)cc9ccccc9c8c7c6c5)cc4)c4ccc5oc6ccccc6c5c4)cc4ccccc4c23)cc1. The number of rotatable bonds is 13. The summed E-state index contributed by atoms with van der Waals surface area (Å²) in [6, 6.07) is 157. The van der Waals surface area contributed by atoms with Crippen molar-refractivity contribution >= 4 is 261 Å². The molecule has 0 unspecified atom stereocenters. The number of thiophene rings is 2. The van der Waals surface area contributed by atoms with Gasteiger partial charge in [0.25, 0.3) is 0 Å². The smallest absolute Gasteiger partial charge is 0.135 e. The molecule has 0 spiro atoms. The van der Waals surface area contributed by atoms with Crippen LogP contribution in [-0.4, -0.2) is 0 Å². The monoisotopic (exact) mass is 1610 g/mol. The van der Waals surface area contributed by atoms with Crippen LogP contribution < -0.4 is 19.6 Å². The van der Waals surface area contributed by atoms with Crippen LogP contribution in [0.1, 0.15) is 0 Å². The van der Waals surface area contributed by atoms with E-state index in [0.29, 0.717) is 0 Å². The van der Waals surface area contributed by atoms with E-state index in [-0.39, 0.29) is 0 Å². The first-order valence-corrected chi connectivity index (χ1v) is 43.9. The molecule has 0 amide bonds. The summed E-state index contributed by atoms with van der Waals surface area (Å²) in [5.41, 5.74) is 18.5. The summed E-state index contributed by atoms with van der Waals surface area (Å²) in [5.74, 6) is 0. The zero-order valence-electron chi connectivity index (χ0n) is 66.8. The van der Waals surface area contributed by atoms with Crippen LogP contribution in [0.3, 0.4) is 0 Å². The molecule has 0 atom stereocenters. The minimum Gasteiger partial charge on any atom is -0.456 e. The molecule has 0 saturated heterocycles. The average molecular weight is 1620 g/mol. The van der Waals surface area contributed by atoms with Crippen molar-refractivity contribution in [2.45, 2.75) is 0 Å². The molecule has 4 heterocycles. The summed E-state index contributed by atoms with van der Waals surface area (Å²) in [6.07, 6.45) is 0. The van der Waals surface area contributed by atoms with Gasteiger partial charge in [0, 0.05) is 88.0 Å². The lowest BCUT2D eigenvalue weighted by molar-refractivity contribution is 0.668. The molecule has 0 radical (unpaired) electrons. The van der Waals surface area contributed by atoms with Gasteiger partial charge >= 0.3 is 0 Å². The molecular weight excluding hydrogens is 1550 g/mol. The van der Waals surface area contributed by atoms with Crippen LogP contribution in [-0.2, 0) is 0 Å². The van der Waals surface area contributed by atoms with E-state index >= 15 is 0 Å². The molecule has 6 nitrogen and oxygen atoms in total. The normalized spacial score (nSPS) is 12.0. The summed E-state index contributed by atoms with van der Waals surface area (Å²) in [7, 11) is 0. The van der Waals surface area contributed by atoms with Crippen molar-refractivity contribution in [3.8, 4) is 11.1 Å². The maximum Gasteiger partial charge on any atom is 0.135 e.